The van der Waals surface area contributed by atoms with Crippen molar-refractivity contribution < 1.29 is 0 Å². The topological polar surface area (TPSA) is 88.5 Å². The van der Waals surface area contributed by atoms with Crippen LogP contribution < -0.4 is 11.1 Å². The quantitative estimate of drug-likeness (QED) is 0.155. The van der Waals surface area contributed by atoms with Gasteiger partial charge in [0.15, 0.2) is 0 Å². The van der Waals surface area contributed by atoms with Crippen molar-refractivity contribution in [1.82, 2.24) is 37.0 Å². The van der Waals surface area contributed by atoms with Crippen LogP contribution in [0.15, 0.2) is 349 Å². The first kappa shape index (κ1) is 58.2. The van der Waals surface area contributed by atoms with Crippen molar-refractivity contribution in [3.05, 3.63) is 361 Å². The fourth-order valence-corrected chi connectivity index (χ4v) is 17.8. The molecule has 0 fully saturated rings. The van der Waals surface area contributed by atoms with Crippen LogP contribution in [0.3, 0.4) is 0 Å². The molecule has 0 radical (unpaired) electrons. The van der Waals surface area contributed by atoms with Crippen molar-refractivity contribution in [3.8, 4) is 45.3 Å². The number of para-hydroxylation sites is 10. The van der Waals surface area contributed by atoms with E-state index in [0.29, 0.717) is 10.9 Å². The van der Waals surface area contributed by atoms with E-state index in [1.165, 1.54) is 49.2 Å². The molecule has 0 aliphatic heterocycles. The molecular weight excluding hydrogens is 1300 g/mol. The van der Waals surface area contributed by atoms with Crippen molar-refractivity contribution >= 4 is 163 Å². The zero-order valence-electron chi connectivity index (χ0n) is 56.7. The van der Waals surface area contributed by atoms with Crippen LogP contribution in [-0.4, -0.2) is 37.0 Å². The number of hydrogen-bond donors (Lipinski definition) is 0. The number of rotatable bonds is 6. The van der Waals surface area contributed by atoms with E-state index in [1.807, 2.05) is 45.2 Å². The molecule has 10 nitrogen and oxygen atoms in total. The first-order valence-corrected chi connectivity index (χ1v) is 35.9. The fraction of sp³-hybridized carbons (Fsp3) is 0. The third kappa shape index (κ3) is 8.14. The molecule has 0 spiro atoms. The van der Waals surface area contributed by atoms with E-state index < -0.39 is 0 Å². The largest absolute Gasteiger partial charge is 0.309 e. The van der Waals surface area contributed by atoms with Gasteiger partial charge < -0.3 is 9.13 Å². The molecule has 14 aromatic carbocycles. The Kier molecular flexibility index (Phi) is 12.1. The lowest BCUT2D eigenvalue weighted by Gasteiger charge is -2.11. The summed E-state index contributed by atoms with van der Waals surface area (Å²) in [6.45, 7) is 0. The van der Waals surface area contributed by atoms with Crippen LogP contribution in [0.2, 0.25) is 0 Å². The molecule has 0 saturated carbocycles. The second kappa shape index (κ2) is 22.0. The van der Waals surface area contributed by atoms with Gasteiger partial charge in [-0.1, -0.05) is 206 Å². The first-order valence-electron chi connectivity index (χ1n) is 35.9. The molecule has 0 unspecified atom stereocenters. The molecular formula is C96H56N8O2. The number of nitrogens with zero attached hydrogens (tertiary/aromatic N) is 8. The van der Waals surface area contributed by atoms with Crippen LogP contribution >= 0.6 is 0 Å². The molecule has 24 rings (SSSR count). The van der Waals surface area contributed by atoms with Crippen LogP contribution in [0.4, 0.5) is 0 Å². The molecule has 0 bridgehead atoms. The Morgan fingerprint density at radius 2 is 0.528 bits per heavy atom. The smallest absolute Gasteiger partial charge is 0.282 e. The maximum atomic E-state index is 14.4. The highest BCUT2D eigenvalue weighted by molar-refractivity contribution is 6.23. The van der Waals surface area contributed by atoms with Gasteiger partial charge in [-0.25, -0.2) is 9.97 Å². The minimum Gasteiger partial charge on any atom is -0.309 e. The Hall–Kier alpha value is -14.5. The molecule has 0 aliphatic rings. The number of benzene rings is 14. The molecule has 0 amide bonds. The Balaban J connectivity index is 0.000000129. The highest BCUT2D eigenvalue weighted by atomic mass is 16.1. The van der Waals surface area contributed by atoms with Gasteiger partial charge in [-0.2, -0.15) is 0 Å². The second-order valence-electron chi connectivity index (χ2n) is 27.9. The summed E-state index contributed by atoms with van der Waals surface area (Å²) in [4.78, 5) is 38.6. The normalized spacial score (nSPS) is 12.2. The van der Waals surface area contributed by atoms with Gasteiger partial charge in [0.25, 0.3) is 11.1 Å². The van der Waals surface area contributed by atoms with Crippen LogP contribution in [0, 0.1) is 0 Å². The van der Waals surface area contributed by atoms with E-state index in [0.717, 1.165) is 148 Å². The van der Waals surface area contributed by atoms with E-state index in [9.17, 15) is 9.59 Å². The Bertz CT molecular complexity index is 8010. The lowest BCUT2D eigenvalue weighted by molar-refractivity contribution is 1.09. The van der Waals surface area contributed by atoms with E-state index >= 15 is 0 Å². The summed E-state index contributed by atoms with van der Waals surface area (Å²) >= 11 is 0. The molecule has 10 aromatic heterocycles. The summed E-state index contributed by atoms with van der Waals surface area (Å²) in [5.74, 6) is 1.51. The number of pyridine rings is 4. The molecule has 492 valence electrons. The summed E-state index contributed by atoms with van der Waals surface area (Å²) in [7, 11) is 0. The summed E-state index contributed by atoms with van der Waals surface area (Å²) in [6, 6.07) is 118. The van der Waals surface area contributed by atoms with E-state index in [4.69, 9.17) is 9.97 Å². The lowest BCUT2D eigenvalue weighted by Crippen LogP contribution is -2.15. The summed E-state index contributed by atoms with van der Waals surface area (Å²) < 4.78 is 12.8. The third-order valence-electron chi connectivity index (χ3n) is 22.4. The molecule has 10 heterocycles. The van der Waals surface area contributed by atoms with Crippen molar-refractivity contribution in [3.63, 3.8) is 0 Å². The van der Waals surface area contributed by atoms with Gasteiger partial charge in [0, 0.05) is 104 Å². The molecule has 10 heteroatoms. The SMILES string of the molecule is O=c1c2cnc(-n3c4ccccc4c4cc(-c5ccc6c(c5)c5ccccc5n6-c5ccccc5)ccc43)cc2c2cccc3c4ccccc4n1c23.O=c1c2nc(-n3c4ccccc4c4cc(-c5ccc6c(c5)c5ccccc5n6-c5ccccc5)ccc43)ccc2c2cccc3c4ccccc4n1c23. The summed E-state index contributed by atoms with van der Waals surface area (Å²) in [5.41, 5.74) is 20.0. The van der Waals surface area contributed by atoms with Crippen molar-refractivity contribution in [2.24, 2.45) is 0 Å². The van der Waals surface area contributed by atoms with Gasteiger partial charge in [0.2, 0.25) is 0 Å². The van der Waals surface area contributed by atoms with E-state index in [-0.39, 0.29) is 11.1 Å². The third-order valence-corrected chi connectivity index (χ3v) is 22.4. The highest BCUT2D eigenvalue weighted by Crippen LogP contribution is 2.43. The van der Waals surface area contributed by atoms with Crippen LogP contribution in [0.5, 0.6) is 0 Å². The van der Waals surface area contributed by atoms with E-state index in [1.54, 1.807) is 6.20 Å². The van der Waals surface area contributed by atoms with Crippen molar-refractivity contribution in [2.75, 3.05) is 0 Å². The van der Waals surface area contributed by atoms with Crippen molar-refractivity contribution in [1.29, 1.82) is 0 Å². The highest BCUT2D eigenvalue weighted by Gasteiger charge is 2.24. The molecule has 106 heavy (non-hydrogen) atoms. The monoisotopic (exact) mass is 1350 g/mol. The predicted octanol–water partition coefficient (Wildman–Crippen LogP) is 22.9. The van der Waals surface area contributed by atoms with Gasteiger partial charge in [-0.05, 0) is 150 Å². The molecule has 0 atom stereocenters. The summed E-state index contributed by atoms with van der Waals surface area (Å²) in [6.07, 6.45) is 1.76. The van der Waals surface area contributed by atoms with Gasteiger partial charge in [0.05, 0.1) is 71.6 Å². The Labute approximate surface area is 602 Å². The van der Waals surface area contributed by atoms with Crippen LogP contribution in [-0.2, 0) is 0 Å². The van der Waals surface area contributed by atoms with Gasteiger partial charge >= 0.3 is 0 Å². The molecule has 0 N–H and O–H groups in total. The zero-order chi connectivity index (χ0) is 69.6. The second-order valence-corrected chi connectivity index (χ2v) is 27.9. The zero-order valence-corrected chi connectivity index (χ0v) is 56.7. The van der Waals surface area contributed by atoms with Crippen molar-refractivity contribution in [2.45, 2.75) is 0 Å². The Morgan fingerprint density at radius 3 is 0.962 bits per heavy atom. The van der Waals surface area contributed by atoms with Crippen LogP contribution in [0.25, 0.3) is 209 Å². The molecule has 0 aliphatic carbocycles. The average Bonchev–Trinajstić information content (AvgIpc) is 1.54. The maximum Gasteiger partial charge on any atom is 0.282 e. The fourth-order valence-electron chi connectivity index (χ4n) is 17.8. The maximum absolute atomic E-state index is 14.4. The minimum absolute atomic E-state index is 0.0420. The molecule has 24 aromatic rings. The Morgan fingerprint density at radius 1 is 0.208 bits per heavy atom. The summed E-state index contributed by atoms with van der Waals surface area (Å²) in [5, 5.41) is 18.3. The minimum atomic E-state index is -0.0983. The van der Waals surface area contributed by atoms with Gasteiger partial charge in [0.1, 0.15) is 17.2 Å². The number of aromatic nitrogens is 8. The standard InChI is InChI=1S/2C48H28N4O/c53-48-46-35(37-17-10-16-36-32-13-4-9-20-42(32)52(48)47(36)37)23-26-45(49-46)51-41-19-8-6-15-34(41)39-28-30(22-25-44(39)51)29-21-24-43-38(27-29)33-14-5-7-18-40(33)50(43)31-11-2-1-3-12-31;53-48-40-28-49-46(27-37(40)36-17-10-16-35-32-13-4-9-20-43(32)52(48)47(35)36)51-42-19-8-6-15-34(42)39-26-30(22-24-45(39)51)29-21-23-44-38(25-29)33-14-5-7-18-41(33)50(44)31-11-2-1-3-12-31/h2*1-28H. The van der Waals surface area contributed by atoms with Crippen LogP contribution in [0.1, 0.15) is 0 Å². The van der Waals surface area contributed by atoms with Gasteiger partial charge in [-0.15, -0.1) is 0 Å². The van der Waals surface area contributed by atoms with Gasteiger partial charge in [-0.3, -0.25) is 27.5 Å². The predicted molar refractivity (Wildman–Crippen MR) is 439 cm³/mol. The van der Waals surface area contributed by atoms with E-state index in [2.05, 4.69) is 316 Å². The number of hydrogen-bond acceptors (Lipinski definition) is 4. The lowest BCUT2D eigenvalue weighted by atomic mass is 10.0. The molecule has 0 saturated heterocycles. The first-order chi connectivity index (χ1) is 52.5. The average molecular weight is 1350 g/mol. The number of fused-ring (bicyclic) bond motifs is 22.